The first-order valence-corrected chi connectivity index (χ1v) is 7.29. The van der Waals surface area contributed by atoms with E-state index >= 15 is 0 Å². The van der Waals surface area contributed by atoms with E-state index in [1.807, 2.05) is 30.3 Å². The normalized spacial score (nSPS) is 10.5. The van der Waals surface area contributed by atoms with E-state index in [0.717, 1.165) is 46.3 Å². The number of ether oxygens (including phenoxy) is 2. The van der Waals surface area contributed by atoms with Gasteiger partial charge >= 0.3 is 0 Å². The van der Waals surface area contributed by atoms with Crippen molar-refractivity contribution in [3.05, 3.63) is 47.0 Å². The minimum atomic E-state index is 0.721. The molecule has 0 amide bonds. The third-order valence-corrected chi connectivity index (χ3v) is 3.70. The van der Waals surface area contributed by atoms with Crippen molar-refractivity contribution < 1.29 is 9.47 Å². The zero-order valence-corrected chi connectivity index (χ0v) is 13.3. The van der Waals surface area contributed by atoms with E-state index in [0.29, 0.717) is 0 Å². The summed E-state index contributed by atoms with van der Waals surface area (Å²) in [6, 6.07) is 11.9. The van der Waals surface area contributed by atoms with Crippen LogP contribution in [-0.4, -0.2) is 20.8 Å². The van der Waals surface area contributed by atoms with Crippen LogP contribution < -0.4 is 14.8 Å². The van der Waals surface area contributed by atoms with Gasteiger partial charge < -0.3 is 14.8 Å². The minimum absolute atomic E-state index is 0.721. The highest BCUT2D eigenvalue weighted by Gasteiger charge is 2.08. The van der Waals surface area contributed by atoms with Gasteiger partial charge in [0.05, 0.1) is 14.2 Å². The van der Waals surface area contributed by atoms with Gasteiger partial charge in [-0.2, -0.15) is 0 Å². The molecule has 0 fully saturated rings. The van der Waals surface area contributed by atoms with Gasteiger partial charge in [-0.25, -0.2) is 0 Å². The van der Waals surface area contributed by atoms with Crippen LogP contribution >= 0.6 is 11.6 Å². The highest BCUT2D eigenvalue weighted by Crippen LogP contribution is 2.33. The predicted octanol–water partition coefficient (Wildman–Crippen LogP) is 4.13. The van der Waals surface area contributed by atoms with E-state index in [1.165, 1.54) is 0 Å². The Bertz CT molecular complexity index is 614. The summed E-state index contributed by atoms with van der Waals surface area (Å²) in [4.78, 5) is 0. The Kier molecular flexibility index (Phi) is 5.48. The number of hydrogen-bond donors (Lipinski definition) is 1. The molecule has 0 aromatic heterocycles. The molecule has 21 heavy (non-hydrogen) atoms. The molecule has 0 radical (unpaired) electrons. The standard InChI is InChI=1S/C17H20ClNO2/c1-4-19-11-14-9-12(5-7-15(14)18)13-6-8-16(20-2)17(10-13)21-3/h5-10,19H,4,11H2,1-3H3. The summed E-state index contributed by atoms with van der Waals surface area (Å²) in [5.41, 5.74) is 3.26. The molecule has 0 unspecified atom stereocenters. The molecule has 0 spiro atoms. The number of methoxy groups -OCH3 is 2. The number of halogens is 1. The number of benzene rings is 2. The van der Waals surface area contributed by atoms with Crippen LogP contribution in [0.5, 0.6) is 11.5 Å². The smallest absolute Gasteiger partial charge is 0.161 e. The summed E-state index contributed by atoms with van der Waals surface area (Å²) >= 11 is 6.24. The Hall–Kier alpha value is -1.71. The van der Waals surface area contributed by atoms with Crippen LogP contribution in [0.4, 0.5) is 0 Å². The van der Waals surface area contributed by atoms with Gasteiger partial charge in [-0.1, -0.05) is 30.7 Å². The van der Waals surface area contributed by atoms with Gasteiger partial charge in [0.25, 0.3) is 0 Å². The van der Waals surface area contributed by atoms with Crippen molar-refractivity contribution in [2.45, 2.75) is 13.5 Å². The van der Waals surface area contributed by atoms with Crippen molar-refractivity contribution in [2.75, 3.05) is 20.8 Å². The molecule has 0 saturated carbocycles. The molecule has 2 aromatic carbocycles. The number of nitrogens with one attached hydrogen (secondary N) is 1. The molecule has 0 aliphatic heterocycles. The van der Waals surface area contributed by atoms with Gasteiger partial charge in [0, 0.05) is 11.6 Å². The van der Waals surface area contributed by atoms with Crippen molar-refractivity contribution >= 4 is 11.6 Å². The van der Waals surface area contributed by atoms with Crippen molar-refractivity contribution in [1.82, 2.24) is 5.32 Å². The van der Waals surface area contributed by atoms with Crippen LogP contribution in [0.2, 0.25) is 5.02 Å². The average molecular weight is 306 g/mol. The SMILES string of the molecule is CCNCc1cc(-c2ccc(OC)c(OC)c2)ccc1Cl. The lowest BCUT2D eigenvalue weighted by molar-refractivity contribution is 0.355. The maximum Gasteiger partial charge on any atom is 0.161 e. The Balaban J connectivity index is 2.37. The van der Waals surface area contributed by atoms with Gasteiger partial charge in [0.2, 0.25) is 0 Å². The molecule has 3 nitrogen and oxygen atoms in total. The molecule has 2 rings (SSSR count). The molecule has 0 aliphatic rings. The van der Waals surface area contributed by atoms with Gasteiger partial charge in [-0.3, -0.25) is 0 Å². The third kappa shape index (κ3) is 3.69. The first-order chi connectivity index (χ1) is 10.2. The number of hydrogen-bond acceptors (Lipinski definition) is 3. The lowest BCUT2D eigenvalue weighted by atomic mass is 10.0. The maximum absolute atomic E-state index is 6.24. The summed E-state index contributed by atoms with van der Waals surface area (Å²) in [6.45, 7) is 3.75. The van der Waals surface area contributed by atoms with Crippen molar-refractivity contribution in [3.8, 4) is 22.6 Å². The van der Waals surface area contributed by atoms with Crippen LogP contribution in [-0.2, 0) is 6.54 Å². The summed E-state index contributed by atoms with van der Waals surface area (Å²) in [7, 11) is 3.27. The van der Waals surface area contributed by atoms with E-state index in [2.05, 4.69) is 18.3 Å². The lowest BCUT2D eigenvalue weighted by Crippen LogP contribution is -2.12. The quantitative estimate of drug-likeness (QED) is 0.870. The monoisotopic (exact) mass is 305 g/mol. The zero-order chi connectivity index (χ0) is 15.2. The van der Waals surface area contributed by atoms with Gasteiger partial charge in [0.15, 0.2) is 11.5 Å². The van der Waals surface area contributed by atoms with Crippen LogP contribution in [0.3, 0.4) is 0 Å². The molecule has 0 heterocycles. The fourth-order valence-electron chi connectivity index (χ4n) is 2.17. The van der Waals surface area contributed by atoms with E-state index in [4.69, 9.17) is 21.1 Å². The highest BCUT2D eigenvalue weighted by atomic mass is 35.5. The topological polar surface area (TPSA) is 30.5 Å². The Morgan fingerprint density at radius 3 is 2.29 bits per heavy atom. The van der Waals surface area contributed by atoms with Gasteiger partial charge in [0.1, 0.15) is 0 Å². The Labute approximate surface area is 130 Å². The van der Waals surface area contributed by atoms with Crippen LogP contribution in [0.25, 0.3) is 11.1 Å². The highest BCUT2D eigenvalue weighted by molar-refractivity contribution is 6.31. The molecule has 0 bridgehead atoms. The van der Waals surface area contributed by atoms with E-state index in [-0.39, 0.29) is 0 Å². The van der Waals surface area contributed by atoms with Crippen LogP contribution in [0.15, 0.2) is 36.4 Å². The first-order valence-electron chi connectivity index (χ1n) is 6.91. The maximum atomic E-state index is 6.24. The fraction of sp³-hybridized carbons (Fsp3) is 0.294. The Morgan fingerprint density at radius 2 is 1.62 bits per heavy atom. The van der Waals surface area contributed by atoms with Gasteiger partial charge in [-0.15, -0.1) is 0 Å². The van der Waals surface area contributed by atoms with E-state index in [1.54, 1.807) is 14.2 Å². The predicted molar refractivity (Wildman–Crippen MR) is 87.4 cm³/mol. The summed E-state index contributed by atoms with van der Waals surface area (Å²) in [6.07, 6.45) is 0. The zero-order valence-electron chi connectivity index (χ0n) is 12.6. The second kappa shape index (κ2) is 7.34. The molecular formula is C17H20ClNO2. The molecule has 0 saturated heterocycles. The first kappa shape index (κ1) is 15.7. The molecule has 0 atom stereocenters. The van der Waals surface area contributed by atoms with Crippen LogP contribution in [0.1, 0.15) is 12.5 Å². The molecule has 0 aliphatic carbocycles. The lowest BCUT2D eigenvalue weighted by Gasteiger charge is -2.11. The fourth-order valence-corrected chi connectivity index (χ4v) is 2.35. The second-order valence-electron chi connectivity index (χ2n) is 4.66. The van der Waals surface area contributed by atoms with Gasteiger partial charge in [-0.05, 0) is 47.5 Å². The molecular weight excluding hydrogens is 286 g/mol. The third-order valence-electron chi connectivity index (χ3n) is 3.33. The second-order valence-corrected chi connectivity index (χ2v) is 5.06. The average Bonchev–Trinajstić information content (AvgIpc) is 2.53. The molecule has 4 heteroatoms. The largest absolute Gasteiger partial charge is 0.493 e. The molecule has 1 N–H and O–H groups in total. The summed E-state index contributed by atoms with van der Waals surface area (Å²) in [5, 5.41) is 4.07. The summed E-state index contributed by atoms with van der Waals surface area (Å²) < 4.78 is 10.6. The molecule has 2 aromatic rings. The summed E-state index contributed by atoms with van der Waals surface area (Å²) in [5.74, 6) is 1.45. The molecule has 112 valence electrons. The van der Waals surface area contributed by atoms with Crippen molar-refractivity contribution in [1.29, 1.82) is 0 Å². The van der Waals surface area contributed by atoms with Crippen molar-refractivity contribution in [2.24, 2.45) is 0 Å². The number of rotatable bonds is 6. The van der Waals surface area contributed by atoms with Crippen molar-refractivity contribution in [3.63, 3.8) is 0 Å². The van der Waals surface area contributed by atoms with E-state index in [9.17, 15) is 0 Å². The minimum Gasteiger partial charge on any atom is -0.493 e. The van der Waals surface area contributed by atoms with Crippen LogP contribution in [0, 0.1) is 0 Å². The Morgan fingerprint density at radius 1 is 0.952 bits per heavy atom. The van der Waals surface area contributed by atoms with E-state index < -0.39 is 0 Å².